The molecule has 2 aliphatic heterocycles. The summed E-state index contributed by atoms with van der Waals surface area (Å²) < 4.78 is 7.20. The molecule has 12 heteroatoms. The Balaban J connectivity index is 1.12. The Morgan fingerprint density at radius 1 is 0.448 bits per heavy atom. The summed E-state index contributed by atoms with van der Waals surface area (Å²) in [7, 11) is -3.00. The minimum atomic E-state index is -3.00. The SMILES string of the molecule is CCCCCCCCCCCCCCCCCCN1C(=O)c2cc(Cl)c3c4c(Cl)cc5c6c(cc(Cl)c(c7c(Cl)cc(c2c37)C1=O)c64)C(=O)N([Si](C)(C)OCC)C5=O. The summed E-state index contributed by atoms with van der Waals surface area (Å²) in [6.45, 7) is 8.30. The van der Waals surface area contributed by atoms with Gasteiger partial charge in [-0.3, -0.25) is 28.6 Å². The van der Waals surface area contributed by atoms with Crippen LogP contribution in [0.25, 0.3) is 43.1 Å². The van der Waals surface area contributed by atoms with E-state index in [0.717, 1.165) is 19.3 Å². The maximum Gasteiger partial charge on any atom is 0.304 e. The fourth-order valence-corrected chi connectivity index (χ4v) is 12.7. The van der Waals surface area contributed by atoms with Crippen molar-refractivity contribution < 1.29 is 23.6 Å². The molecule has 0 aromatic heterocycles. The van der Waals surface area contributed by atoms with Crippen molar-refractivity contribution in [3.05, 3.63) is 66.6 Å². The summed E-state index contributed by atoms with van der Waals surface area (Å²) >= 11 is 28.5. The minimum Gasteiger partial charge on any atom is -0.399 e. The quantitative estimate of drug-likeness (QED) is 0.0256. The molecule has 2 heterocycles. The van der Waals surface area contributed by atoms with Gasteiger partial charge in [0.1, 0.15) is 0 Å². The van der Waals surface area contributed by atoms with Crippen molar-refractivity contribution >= 4 is 122 Å². The van der Waals surface area contributed by atoms with Crippen LogP contribution in [-0.2, 0) is 4.43 Å². The smallest absolute Gasteiger partial charge is 0.304 e. The van der Waals surface area contributed by atoms with Gasteiger partial charge in [-0.25, -0.2) is 0 Å². The van der Waals surface area contributed by atoms with E-state index in [2.05, 4.69) is 6.92 Å². The number of carbonyl (C=O) groups is 4. The summed E-state index contributed by atoms with van der Waals surface area (Å²) in [6, 6.07) is 6.32. The first kappa shape index (κ1) is 43.1. The molecule has 0 N–H and O–H groups in total. The molecule has 2 aliphatic rings. The van der Waals surface area contributed by atoms with E-state index >= 15 is 0 Å². The van der Waals surface area contributed by atoms with Gasteiger partial charge in [-0.1, -0.05) is 150 Å². The highest BCUT2D eigenvalue weighted by atomic mass is 35.5. The van der Waals surface area contributed by atoms with Crippen LogP contribution in [0.1, 0.15) is 158 Å². The lowest BCUT2D eigenvalue weighted by molar-refractivity contribution is 0.0604. The number of hydrogen-bond acceptors (Lipinski definition) is 5. The normalized spacial score (nSPS) is 14.6. The lowest BCUT2D eigenvalue weighted by atomic mass is 9.82. The lowest BCUT2D eigenvalue weighted by Crippen LogP contribution is -2.58. The Kier molecular flexibility index (Phi) is 13.3. The number of rotatable bonds is 20. The van der Waals surface area contributed by atoms with Crippen molar-refractivity contribution in [3.8, 4) is 0 Å². The third kappa shape index (κ3) is 7.64. The van der Waals surface area contributed by atoms with Crippen molar-refractivity contribution in [2.75, 3.05) is 13.2 Å². The summed E-state index contributed by atoms with van der Waals surface area (Å²) in [5.41, 5.74) is 1.09. The fraction of sp³-hybridized carbons (Fsp3) is 0.478. The van der Waals surface area contributed by atoms with Gasteiger partial charge in [0.15, 0.2) is 0 Å². The van der Waals surface area contributed by atoms with Gasteiger partial charge < -0.3 is 4.43 Å². The second-order valence-electron chi connectivity index (χ2n) is 16.5. The van der Waals surface area contributed by atoms with Crippen LogP contribution in [0.15, 0.2) is 24.3 Å². The molecule has 0 aliphatic carbocycles. The molecule has 5 aromatic carbocycles. The lowest BCUT2D eigenvalue weighted by Gasteiger charge is -2.38. The standard InChI is InChI=1S/C46H52Cl4N2O5Si/c1-5-7-8-9-10-11-12-13-14-15-16-17-18-19-20-21-22-51-43(53)27-23-31(47)37-39-33(49)25-29-36-30(46(56)52(45(29)55)58(3,4)57-6-2)26-34(50)40(42(36)39)38-32(48)24-28(44(51)54)35(27)41(37)38/h23-26H,5-22H2,1-4H3. The van der Waals surface area contributed by atoms with E-state index in [1.165, 1.54) is 86.5 Å². The van der Waals surface area contributed by atoms with Gasteiger partial charge >= 0.3 is 8.48 Å². The zero-order valence-corrected chi connectivity index (χ0v) is 38.0. The van der Waals surface area contributed by atoms with Crippen LogP contribution in [0.2, 0.25) is 33.2 Å². The number of fused-ring (bicyclic) bond motifs is 2. The average molecular weight is 883 g/mol. The van der Waals surface area contributed by atoms with E-state index in [9.17, 15) is 19.2 Å². The number of nitrogens with zero attached hydrogens (tertiary/aromatic N) is 2. The van der Waals surface area contributed by atoms with Gasteiger partial charge in [-0.2, -0.15) is 0 Å². The van der Waals surface area contributed by atoms with E-state index in [1.54, 1.807) is 37.4 Å². The third-order valence-electron chi connectivity index (χ3n) is 12.2. The molecule has 7 nitrogen and oxygen atoms in total. The molecule has 0 bridgehead atoms. The summed E-state index contributed by atoms with van der Waals surface area (Å²) in [6.07, 6.45) is 19.8. The summed E-state index contributed by atoms with van der Waals surface area (Å²) in [4.78, 5) is 58.0. The van der Waals surface area contributed by atoms with Crippen molar-refractivity contribution in [3.63, 3.8) is 0 Å². The fourth-order valence-electron chi connectivity index (χ4n) is 9.44. The van der Waals surface area contributed by atoms with E-state index < -0.39 is 32.1 Å². The summed E-state index contributed by atoms with van der Waals surface area (Å²) in [5, 5.41) is 4.53. The molecule has 4 amide bonds. The topological polar surface area (TPSA) is 84.0 Å². The Labute approximate surface area is 362 Å². The van der Waals surface area contributed by atoms with Crippen LogP contribution < -0.4 is 0 Å². The zero-order valence-electron chi connectivity index (χ0n) is 34.0. The van der Waals surface area contributed by atoms with Crippen LogP contribution in [0.4, 0.5) is 0 Å². The monoisotopic (exact) mass is 880 g/mol. The summed E-state index contributed by atoms with van der Waals surface area (Å²) in [5.74, 6) is -1.83. The molecule has 0 radical (unpaired) electrons. The molecule has 0 unspecified atom stereocenters. The second-order valence-corrected chi connectivity index (χ2v) is 21.8. The van der Waals surface area contributed by atoms with E-state index in [4.69, 9.17) is 50.8 Å². The second kappa shape index (κ2) is 17.9. The van der Waals surface area contributed by atoms with Gasteiger partial charge in [0, 0.05) is 87.5 Å². The van der Waals surface area contributed by atoms with Crippen molar-refractivity contribution in [2.45, 2.75) is 130 Å². The number of hydrogen-bond donors (Lipinski definition) is 0. The van der Waals surface area contributed by atoms with Crippen molar-refractivity contribution in [1.82, 2.24) is 9.47 Å². The van der Waals surface area contributed by atoms with Gasteiger partial charge in [0.05, 0.1) is 11.1 Å². The maximum absolute atomic E-state index is 14.2. The molecule has 308 valence electrons. The number of benzene rings is 5. The number of halogens is 4. The Morgan fingerprint density at radius 2 is 0.759 bits per heavy atom. The van der Waals surface area contributed by atoms with Crippen LogP contribution in [0.3, 0.4) is 0 Å². The Morgan fingerprint density at radius 3 is 1.09 bits per heavy atom. The van der Waals surface area contributed by atoms with Crippen LogP contribution >= 0.6 is 46.4 Å². The number of amides is 4. The molecule has 0 saturated heterocycles. The van der Waals surface area contributed by atoms with Gasteiger partial charge in [-0.15, -0.1) is 0 Å². The maximum atomic E-state index is 14.2. The van der Waals surface area contributed by atoms with Crippen LogP contribution in [0, 0.1) is 0 Å². The average Bonchev–Trinajstić information content (AvgIpc) is 3.18. The molecule has 0 spiro atoms. The van der Waals surface area contributed by atoms with Gasteiger partial charge in [0.25, 0.3) is 23.6 Å². The molecule has 0 fully saturated rings. The predicted octanol–water partition coefficient (Wildman–Crippen LogP) is 14.5. The first-order valence-corrected chi connectivity index (χ1v) is 25.6. The molecular weight excluding hydrogens is 830 g/mol. The highest BCUT2D eigenvalue weighted by molar-refractivity contribution is 6.75. The molecule has 0 saturated carbocycles. The highest BCUT2D eigenvalue weighted by Crippen LogP contribution is 2.54. The van der Waals surface area contributed by atoms with E-state index in [-0.39, 0.29) is 31.2 Å². The van der Waals surface area contributed by atoms with Gasteiger partial charge in [-0.05, 0) is 50.7 Å². The van der Waals surface area contributed by atoms with E-state index in [0.29, 0.717) is 73.8 Å². The molecule has 0 atom stereocenters. The minimum absolute atomic E-state index is 0.207. The largest absolute Gasteiger partial charge is 0.399 e. The van der Waals surface area contributed by atoms with E-state index in [1.807, 2.05) is 6.92 Å². The molecule has 7 rings (SSSR count). The van der Waals surface area contributed by atoms with Crippen molar-refractivity contribution in [1.29, 1.82) is 0 Å². The first-order chi connectivity index (χ1) is 27.8. The van der Waals surface area contributed by atoms with Crippen LogP contribution in [-0.4, -0.2) is 54.7 Å². The van der Waals surface area contributed by atoms with Crippen LogP contribution in [0.5, 0.6) is 0 Å². The third-order valence-corrected chi connectivity index (χ3v) is 15.9. The van der Waals surface area contributed by atoms with Crippen molar-refractivity contribution in [2.24, 2.45) is 0 Å². The number of unbranched alkanes of at least 4 members (excludes halogenated alkanes) is 15. The molecule has 5 aromatic rings. The molecule has 58 heavy (non-hydrogen) atoms. The Hall–Kier alpha value is -2.98. The molecular formula is C46H52Cl4N2O5Si. The zero-order chi connectivity index (χ0) is 41.5. The first-order valence-electron chi connectivity index (χ1n) is 21.2. The number of imide groups is 2. The number of carbonyl (C=O) groups excluding carboxylic acids is 4. The van der Waals surface area contributed by atoms with Gasteiger partial charge in [0.2, 0.25) is 0 Å². The predicted molar refractivity (Wildman–Crippen MR) is 242 cm³/mol. The highest BCUT2D eigenvalue weighted by Gasteiger charge is 2.46. The Bertz CT molecular complexity index is 2320.